The number of ether oxygens (including phenoxy) is 1. The van der Waals surface area contributed by atoms with Gasteiger partial charge in [0.05, 0.1) is 18.1 Å². The van der Waals surface area contributed by atoms with E-state index in [9.17, 15) is 14.7 Å². The summed E-state index contributed by atoms with van der Waals surface area (Å²) in [7, 11) is 0. The average Bonchev–Trinajstić information content (AvgIpc) is 2.51. The van der Waals surface area contributed by atoms with Gasteiger partial charge in [-0.1, -0.05) is 23.7 Å². The van der Waals surface area contributed by atoms with Gasteiger partial charge in [0, 0.05) is 5.56 Å². The summed E-state index contributed by atoms with van der Waals surface area (Å²) in [5, 5.41) is 12.7. The van der Waals surface area contributed by atoms with Crippen LogP contribution in [0.25, 0.3) is 0 Å². The summed E-state index contributed by atoms with van der Waals surface area (Å²) >= 11 is 7.81. The number of carbonyl (C=O) groups excluding carboxylic acids is 1. The van der Waals surface area contributed by atoms with Crippen molar-refractivity contribution in [2.45, 2.75) is 31.7 Å². The predicted molar refractivity (Wildman–Crippen MR) is 91.4 cm³/mol. The lowest BCUT2D eigenvalue weighted by Crippen LogP contribution is -2.56. The number of carboxylic acid groups (broad SMARTS) is 1. The number of rotatable bonds is 6. The highest BCUT2D eigenvalue weighted by Gasteiger charge is 2.41. The Bertz CT molecular complexity index is 587. The molecule has 0 aliphatic carbocycles. The van der Waals surface area contributed by atoms with E-state index in [4.69, 9.17) is 16.3 Å². The second-order valence-corrected chi connectivity index (χ2v) is 7.02. The van der Waals surface area contributed by atoms with Crippen molar-refractivity contribution in [2.75, 3.05) is 18.1 Å². The minimum absolute atomic E-state index is 0.0397. The maximum absolute atomic E-state index is 12.4. The van der Waals surface area contributed by atoms with Crippen LogP contribution in [0.5, 0.6) is 5.75 Å². The zero-order valence-electron chi connectivity index (χ0n) is 12.9. The van der Waals surface area contributed by atoms with Crippen LogP contribution in [0.2, 0.25) is 5.02 Å². The Morgan fingerprint density at radius 2 is 2.09 bits per heavy atom. The number of amides is 1. The van der Waals surface area contributed by atoms with Gasteiger partial charge in [-0.25, -0.2) is 4.79 Å². The topological polar surface area (TPSA) is 75.6 Å². The molecule has 2 rings (SSSR count). The van der Waals surface area contributed by atoms with Gasteiger partial charge in [-0.3, -0.25) is 4.79 Å². The SMILES string of the molecule is CCOc1c(Cl)cccc1CC(=O)NC1(C(=O)O)CCSCC1. The van der Waals surface area contributed by atoms with Crippen LogP contribution in [0.3, 0.4) is 0 Å². The first-order chi connectivity index (χ1) is 11.0. The number of para-hydroxylation sites is 1. The molecule has 1 aromatic carbocycles. The normalized spacial score (nSPS) is 16.6. The third-order valence-corrected chi connectivity index (χ3v) is 5.11. The molecule has 1 heterocycles. The number of carboxylic acids is 1. The summed E-state index contributed by atoms with van der Waals surface area (Å²) in [6, 6.07) is 5.21. The zero-order chi connectivity index (χ0) is 16.9. The Morgan fingerprint density at radius 1 is 1.39 bits per heavy atom. The molecule has 1 aromatic rings. The maximum Gasteiger partial charge on any atom is 0.329 e. The lowest BCUT2D eigenvalue weighted by Gasteiger charge is -2.33. The molecule has 0 unspecified atom stereocenters. The molecule has 2 N–H and O–H groups in total. The summed E-state index contributed by atoms with van der Waals surface area (Å²) in [5.74, 6) is 0.641. The van der Waals surface area contributed by atoms with E-state index in [1.807, 2.05) is 6.92 Å². The van der Waals surface area contributed by atoms with Crippen LogP contribution in [-0.2, 0) is 16.0 Å². The first-order valence-corrected chi connectivity index (χ1v) is 9.04. The highest BCUT2D eigenvalue weighted by atomic mass is 35.5. The minimum atomic E-state index is -1.16. The van der Waals surface area contributed by atoms with Crippen LogP contribution in [0.1, 0.15) is 25.3 Å². The maximum atomic E-state index is 12.4. The van der Waals surface area contributed by atoms with Crippen molar-refractivity contribution in [1.82, 2.24) is 5.32 Å². The Hall–Kier alpha value is -1.40. The summed E-state index contributed by atoms with van der Waals surface area (Å²) in [5.41, 5.74) is -0.505. The van der Waals surface area contributed by atoms with Gasteiger partial charge in [-0.05, 0) is 37.3 Å². The van der Waals surface area contributed by atoms with Gasteiger partial charge >= 0.3 is 5.97 Å². The van der Waals surface area contributed by atoms with Crippen molar-refractivity contribution in [1.29, 1.82) is 0 Å². The smallest absolute Gasteiger partial charge is 0.329 e. The molecule has 0 bridgehead atoms. The van der Waals surface area contributed by atoms with Crippen LogP contribution >= 0.6 is 23.4 Å². The van der Waals surface area contributed by atoms with E-state index in [1.165, 1.54) is 0 Å². The summed E-state index contributed by atoms with van der Waals surface area (Å²) in [6.45, 7) is 2.28. The van der Waals surface area contributed by atoms with Crippen molar-refractivity contribution < 1.29 is 19.4 Å². The van der Waals surface area contributed by atoms with Gasteiger partial charge in [0.25, 0.3) is 0 Å². The van der Waals surface area contributed by atoms with Crippen molar-refractivity contribution >= 4 is 35.2 Å². The monoisotopic (exact) mass is 357 g/mol. The van der Waals surface area contributed by atoms with Gasteiger partial charge in [0.1, 0.15) is 11.3 Å². The molecular weight excluding hydrogens is 338 g/mol. The Kier molecular flexibility index (Phi) is 6.18. The second-order valence-electron chi connectivity index (χ2n) is 5.39. The molecule has 7 heteroatoms. The third kappa shape index (κ3) is 4.32. The molecule has 23 heavy (non-hydrogen) atoms. The number of aliphatic carboxylic acids is 1. The molecule has 1 aliphatic heterocycles. The Balaban J connectivity index is 2.13. The van der Waals surface area contributed by atoms with E-state index in [0.717, 1.165) is 11.5 Å². The van der Waals surface area contributed by atoms with Crippen LogP contribution < -0.4 is 10.1 Å². The number of thioether (sulfide) groups is 1. The minimum Gasteiger partial charge on any atom is -0.492 e. The number of halogens is 1. The van der Waals surface area contributed by atoms with E-state index in [0.29, 0.717) is 35.8 Å². The van der Waals surface area contributed by atoms with Crippen molar-refractivity contribution in [3.05, 3.63) is 28.8 Å². The van der Waals surface area contributed by atoms with E-state index >= 15 is 0 Å². The summed E-state index contributed by atoms with van der Waals surface area (Å²) < 4.78 is 5.50. The number of hydrogen-bond donors (Lipinski definition) is 2. The molecule has 1 fully saturated rings. The van der Waals surface area contributed by atoms with E-state index in [-0.39, 0.29) is 12.3 Å². The highest BCUT2D eigenvalue weighted by molar-refractivity contribution is 7.99. The van der Waals surface area contributed by atoms with Crippen LogP contribution in [0.4, 0.5) is 0 Å². The number of benzene rings is 1. The molecule has 1 amide bonds. The number of hydrogen-bond acceptors (Lipinski definition) is 4. The molecule has 0 saturated carbocycles. The molecule has 0 spiro atoms. The van der Waals surface area contributed by atoms with E-state index in [2.05, 4.69) is 5.32 Å². The fraction of sp³-hybridized carbons (Fsp3) is 0.500. The third-order valence-electron chi connectivity index (χ3n) is 3.82. The summed E-state index contributed by atoms with van der Waals surface area (Å²) in [6.07, 6.45) is 0.914. The fourth-order valence-electron chi connectivity index (χ4n) is 2.59. The largest absolute Gasteiger partial charge is 0.492 e. The van der Waals surface area contributed by atoms with Crippen molar-refractivity contribution in [2.24, 2.45) is 0 Å². The standard InChI is InChI=1S/C16H20ClNO4S/c1-2-22-14-11(4-3-5-12(14)17)10-13(19)18-16(15(20)21)6-8-23-9-7-16/h3-5H,2,6-10H2,1H3,(H,18,19)(H,20,21). The molecule has 126 valence electrons. The van der Waals surface area contributed by atoms with Crippen molar-refractivity contribution in [3.63, 3.8) is 0 Å². The van der Waals surface area contributed by atoms with Crippen LogP contribution in [0.15, 0.2) is 18.2 Å². The first kappa shape index (κ1) is 17.9. The van der Waals surface area contributed by atoms with Gasteiger partial charge in [0.2, 0.25) is 5.91 Å². The molecule has 0 aromatic heterocycles. The van der Waals surface area contributed by atoms with Gasteiger partial charge in [0.15, 0.2) is 0 Å². The van der Waals surface area contributed by atoms with Crippen molar-refractivity contribution in [3.8, 4) is 5.75 Å². The lowest BCUT2D eigenvalue weighted by atomic mass is 9.92. The highest BCUT2D eigenvalue weighted by Crippen LogP contribution is 2.30. The van der Waals surface area contributed by atoms with Crippen LogP contribution in [-0.4, -0.2) is 40.6 Å². The lowest BCUT2D eigenvalue weighted by molar-refractivity contribution is -0.148. The summed E-state index contributed by atoms with van der Waals surface area (Å²) in [4.78, 5) is 24.0. The van der Waals surface area contributed by atoms with Gasteiger partial charge < -0.3 is 15.2 Å². The molecule has 1 saturated heterocycles. The van der Waals surface area contributed by atoms with Gasteiger partial charge in [-0.15, -0.1) is 0 Å². The first-order valence-electron chi connectivity index (χ1n) is 7.51. The van der Waals surface area contributed by atoms with E-state index in [1.54, 1.807) is 30.0 Å². The van der Waals surface area contributed by atoms with Gasteiger partial charge in [-0.2, -0.15) is 11.8 Å². The molecule has 1 aliphatic rings. The predicted octanol–water partition coefficient (Wildman–Crippen LogP) is 2.75. The number of carbonyl (C=O) groups is 2. The average molecular weight is 358 g/mol. The molecule has 0 atom stereocenters. The second kappa shape index (κ2) is 7.93. The molecule has 0 radical (unpaired) electrons. The number of nitrogens with one attached hydrogen (secondary N) is 1. The molecule has 5 nitrogen and oxygen atoms in total. The van der Waals surface area contributed by atoms with E-state index < -0.39 is 11.5 Å². The zero-order valence-corrected chi connectivity index (χ0v) is 14.5. The van der Waals surface area contributed by atoms with Crippen LogP contribution in [0, 0.1) is 0 Å². The fourth-order valence-corrected chi connectivity index (χ4v) is 4.03. The quantitative estimate of drug-likeness (QED) is 0.818. The Morgan fingerprint density at radius 3 is 2.70 bits per heavy atom. The Labute approximate surface area is 144 Å². The molecular formula is C16H20ClNO4S.